The molecule has 2 aromatic carbocycles. The third kappa shape index (κ3) is 2.92. The lowest BCUT2D eigenvalue weighted by Gasteiger charge is -2.10. The monoisotopic (exact) mass is 280 g/mol. The Labute approximate surface area is 125 Å². The molecular formula is C18H20N2O. The minimum absolute atomic E-state index is 0.00258. The van der Waals surface area contributed by atoms with Crippen molar-refractivity contribution in [2.24, 2.45) is 0 Å². The van der Waals surface area contributed by atoms with E-state index < -0.39 is 0 Å². The maximum Gasteiger partial charge on any atom is 0.253 e. The lowest BCUT2D eigenvalue weighted by molar-refractivity contribution is 0.0951. The van der Waals surface area contributed by atoms with Crippen LogP contribution in [0.2, 0.25) is 0 Å². The van der Waals surface area contributed by atoms with E-state index in [0.717, 1.165) is 17.7 Å². The molecule has 0 spiro atoms. The first-order valence-electron chi connectivity index (χ1n) is 7.33. The standard InChI is InChI=1S/C18H20N2O/c1-12-8-9-14(16(10-12)19-2)18(21)20-17-11-15(17)13-6-4-3-5-7-13/h3-10,15,17,19H,11H2,1-2H3,(H,20,21). The van der Waals surface area contributed by atoms with Gasteiger partial charge in [0.15, 0.2) is 0 Å². The fourth-order valence-corrected chi connectivity index (χ4v) is 2.73. The molecule has 108 valence electrons. The third-order valence-corrected chi connectivity index (χ3v) is 4.02. The van der Waals surface area contributed by atoms with E-state index in [1.165, 1.54) is 5.56 Å². The first-order chi connectivity index (χ1) is 10.2. The normalized spacial score (nSPS) is 19.9. The van der Waals surface area contributed by atoms with E-state index in [9.17, 15) is 4.79 Å². The van der Waals surface area contributed by atoms with E-state index in [0.29, 0.717) is 11.5 Å². The molecule has 3 rings (SSSR count). The largest absolute Gasteiger partial charge is 0.387 e. The molecule has 3 heteroatoms. The molecule has 3 nitrogen and oxygen atoms in total. The molecule has 0 aliphatic heterocycles. The zero-order valence-electron chi connectivity index (χ0n) is 12.4. The van der Waals surface area contributed by atoms with Gasteiger partial charge < -0.3 is 10.6 Å². The predicted molar refractivity (Wildman–Crippen MR) is 85.8 cm³/mol. The fraction of sp³-hybridized carbons (Fsp3) is 0.278. The first-order valence-corrected chi connectivity index (χ1v) is 7.33. The maximum atomic E-state index is 12.4. The minimum Gasteiger partial charge on any atom is -0.387 e. The van der Waals surface area contributed by atoms with Crippen molar-refractivity contribution < 1.29 is 4.79 Å². The molecule has 2 N–H and O–H groups in total. The van der Waals surface area contributed by atoms with Crippen molar-refractivity contribution in [3.05, 3.63) is 65.2 Å². The molecule has 21 heavy (non-hydrogen) atoms. The summed E-state index contributed by atoms with van der Waals surface area (Å²) < 4.78 is 0. The molecule has 0 bridgehead atoms. The summed E-state index contributed by atoms with van der Waals surface area (Å²) in [7, 11) is 1.84. The van der Waals surface area contributed by atoms with E-state index >= 15 is 0 Å². The van der Waals surface area contributed by atoms with Gasteiger partial charge in [-0.15, -0.1) is 0 Å². The van der Waals surface area contributed by atoms with Crippen molar-refractivity contribution in [3.8, 4) is 0 Å². The summed E-state index contributed by atoms with van der Waals surface area (Å²) in [4.78, 5) is 12.4. The van der Waals surface area contributed by atoms with E-state index in [-0.39, 0.29) is 11.9 Å². The number of anilines is 1. The van der Waals surface area contributed by atoms with Crippen LogP contribution in [0.4, 0.5) is 5.69 Å². The quantitative estimate of drug-likeness (QED) is 0.902. The van der Waals surface area contributed by atoms with Gasteiger partial charge in [-0.3, -0.25) is 4.79 Å². The zero-order valence-corrected chi connectivity index (χ0v) is 12.4. The molecule has 1 aliphatic carbocycles. The van der Waals surface area contributed by atoms with Gasteiger partial charge in [-0.05, 0) is 36.6 Å². The average molecular weight is 280 g/mol. The van der Waals surface area contributed by atoms with Crippen LogP contribution in [-0.2, 0) is 0 Å². The van der Waals surface area contributed by atoms with Gasteiger partial charge in [0.25, 0.3) is 5.91 Å². The number of hydrogen-bond donors (Lipinski definition) is 2. The number of rotatable bonds is 4. The lowest BCUT2D eigenvalue weighted by Crippen LogP contribution is -2.27. The summed E-state index contributed by atoms with van der Waals surface area (Å²) in [5.41, 5.74) is 4.04. The van der Waals surface area contributed by atoms with Crippen molar-refractivity contribution in [3.63, 3.8) is 0 Å². The molecule has 1 saturated carbocycles. The van der Waals surface area contributed by atoms with Crippen molar-refractivity contribution in [1.82, 2.24) is 5.32 Å². The van der Waals surface area contributed by atoms with E-state index in [4.69, 9.17) is 0 Å². The van der Waals surface area contributed by atoms with Crippen molar-refractivity contribution in [2.75, 3.05) is 12.4 Å². The van der Waals surface area contributed by atoms with E-state index in [1.54, 1.807) is 0 Å². The molecule has 0 saturated heterocycles. The number of benzene rings is 2. The number of amides is 1. The second kappa shape index (κ2) is 5.60. The summed E-state index contributed by atoms with van der Waals surface area (Å²) in [6, 6.07) is 16.5. The van der Waals surface area contributed by atoms with Crippen LogP contribution in [-0.4, -0.2) is 19.0 Å². The number of carbonyl (C=O) groups is 1. The van der Waals surface area contributed by atoms with Gasteiger partial charge in [-0.2, -0.15) is 0 Å². The van der Waals surface area contributed by atoms with Gasteiger partial charge in [0, 0.05) is 24.7 Å². The average Bonchev–Trinajstić information content (AvgIpc) is 3.27. The molecule has 0 aromatic heterocycles. The summed E-state index contributed by atoms with van der Waals surface area (Å²) >= 11 is 0. The van der Waals surface area contributed by atoms with Crippen molar-refractivity contribution in [1.29, 1.82) is 0 Å². The molecule has 2 unspecified atom stereocenters. The van der Waals surface area contributed by atoms with Crippen LogP contribution >= 0.6 is 0 Å². The Morgan fingerprint density at radius 2 is 1.90 bits per heavy atom. The lowest BCUT2D eigenvalue weighted by atomic mass is 10.1. The number of carbonyl (C=O) groups excluding carboxylic acids is 1. The highest BCUT2D eigenvalue weighted by Gasteiger charge is 2.39. The van der Waals surface area contributed by atoms with E-state index in [2.05, 4.69) is 22.8 Å². The van der Waals surface area contributed by atoms with Crippen LogP contribution in [0.25, 0.3) is 0 Å². The molecule has 2 atom stereocenters. The number of aryl methyl sites for hydroxylation is 1. The van der Waals surface area contributed by atoms with Crippen LogP contribution in [0.1, 0.15) is 33.8 Å². The summed E-state index contributed by atoms with van der Waals surface area (Å²) in [6.07, 6.45) is 1.02. The summed E-state index contributed by atoms with van der Waals surface area (Å²) in [5, 5.41) is 6.23. The SMILES string of the molecule is CNc1cc(C)ccc1C(=O)NC1CC1c1ccccc1. The number of hydrogen-bond acceptors (Lipinski definition) is 2. The van der Waals surface area contributed by atoms with Crippen LogP contribution in [0.3, 0.4) is 0 Å². The Bertz CT molecular complexity index is 652. The highest BCUT2D eigenvalue weighted by molar-refractivity contribution is 6.00. The van der Waals surface area contributed by atoms with Gasteiger partial charge in [0.1, 0.15) is 0 Å². The van der Waals surface area contributed by atoms with Crippen LogP contribution in [0.15, 0.2) is 48.5 Å². The van der Waals surface area contributed by atoms with Gasteiger partial charge in [-0.25, -0.2) is 0 Å². The van der Waals surface area contributed by atoms with Crippen LogP contribution in [0, 0.1) is 6.92 Å². The van der Waals surface area contributed by atoms with Gasteiger partial charge >= 0.3 is 0 Å². The molecule has 2 aromatic rings. The Balaban J connectivity index is 1.68. The van der Waals surface area contributed by atoms with Gasteiger partial charge in [-0.1, -0.05) is 36.4 Å². The van der Waals surface area contributed by atoms with Gasteiger partial charge in [0.2, 0.25) is 0 Å². The zero-order chi connectivity index (χ0) is 14.8. The molecular weight excluding hydrogens is 260 g/mol. The topological polar surface area (TPSA) is 41.1 Å². The molecule has 1 amide bonds. The maximum absolute atomic E-state index is 12.4. The Morgan fingerprint density at radius 3 is 2.62 bits per heavy atom. The predicted octanol–water partition coefficient (Wildman–Crippen LogP) is 3.32. The molecule has 0 heterocycles. The Morgan fingerprint density at radius 1 is 1.14 bits per heavy atom. The molecule has 0 radical (unpaired) electrons. The molecule has 1 fully saturated rings. The third-order valence-electron chi connectivity index (χ3n) is 4.02. The van der Waals surface area contributed by atoms with Crippen LogP contribution in [0.5, 0.6) is 0 Å². The second-order valence-corrected chi connectivity index (χ2v) is 5.63. The van der Waals surface area contributed by atoms with Gasteiger partial charge in [0.05, 0.1) is 5.56 Å². The van der Waals surface area contributed by atoms with E-state index in [1.807, 2.05) is 50.4 Å². The van der Waals surface area contributed by atoms with Crippen LogP contribution < -0.4 is 10.6 Å². The van der Waals surface area contributed by atoms with Crippen molar-refractivity contribution in [2.45, 2.75) is 25.3 Å². The highest BCUT2D eigenvalue weighted by Crippen LogP contribution is 2.40. The first kappa shape index (κ1) is 13.7. The smallest absolute Gasteiger partial charge is 0.253 e. The number of nitrogens with one attached hydrogen (secondary N) is 2. The Kier molecular flexibility index (Phi) is 3.65. The minimum atomic E-state index is 0.00258. The summed E-state index contributed by atoms with van der Waals surface area (Å²) in [6.45, 7) is 2.02. The Hall–Kier alpha value is -2.29. The van der Waals surface area contributed by atoms with Crippen molar-refractivity contribution >= 4 is 11.6 Å². The fourth-order valence-electron chi connectivity index (χ4n) is 2.73. The highest BCUT2D eigenvalue weighted by atomic mass is 16.1. The molecule has 1 aliphatic rings. The second-order valence-electron chi connectivity index (χ2n) is 5.63. The summed E-state index contributed by atoms with van der Waals surface area (Å²) in [5.74, 6) is 0.460.